The van der Waals surface area contributed by atoms with E-state index in [0.29, 0.717) is 43.6 Å². The fourth-order valence-corrected chi connectivity index (χ4v) is 3.95. The van der Waals surface area contributed by atoms with E-state index in [1.54, 1.807) is 7.11 Å². The Balaban J connectivity index is 1.85. The maximum absolute atomic E-state index is 12.4. The van der Waals surface area contributed by atoms with Gasteiger partial charge in [-0.2, -0.15) is 4.98 Å². The number of carbonyl (C=O) groups excluding carboxylic acids is 1. The molecule has 9 heteroatoms. The molecule has 1 aliphatic rings. The Morgan fingerprint density at radius 3 is 2.83 bits per heavy atom. The molecule has 2 aromatic rings. The summed E-state index contributed by atoms with van der Waals surface area (Å²) >= 11 is 6.40. The van der Waals surface area contributed by atoms with Gasteiger partial charge in [0.1, 0.15) is 11.0 Å². The molecule has 0 fully saturated rings. The van der Waals surface area contributed by atoms with Crippen molar-refractivity contribution in [2.75, 3.05) is 37.4 Å². The number of amides is 1. The zero-order chi connectivity index (χ0) is 21.1. The van der Waals surface area contributed by atoms with Gasteiger partial charge in [-0.3, -0.25) is 9.78 Å². The van der Waals surface area contributed by atoms with Gasteiger partial charge < -0.3 is 20.7 Å². The third-order valence-corrected chi connectivity index (χ3v) is 5.76. The van der Waals surface area contributed by atoms with E-state index >= 15 is 0 Å². The lowest BCUT2D eigenvalue weighted by molar-refractivity contribution is -0.121. The number of methoxy groups -OCH3 is 1. The smallest absolute Gasteiger partial charge is 0.223 e. The van der Waals surface area contributed by atoms with Gasteiger partial charge in [0, 0.05) is 56.5 Å². The number of aromatic nitrogens is 3. The number of pyridine rings is 1. The second-order valence-corrected chi connectivity index (χ2v) is 7.71. The number of halogens is 1. The standard InChI is InChI=1S/C20H27ClN6O2/c1-11-12(2)15(8-24-13(11)3)10-27-9-14(7-16(28)23-5-6-29-4)17-18(21)25-20(22)26-19(17)27/h8,14H,5-7,9-10H2,1-4H3,(H,23,28)(H2,22,25,26)/t14-/m0/s1. The molecule has 1 amide bonds. The lowest BCUT2D eigenvalue weighted by Crippen LogP contribution is -2.29. The Morgan fingerprint density at radius 1 is 1.34 bits per heavy atom. The largest absolute Gasteiger partial charge is 0.383 e. The molecular weight excluding hydrogens is 392 g/mol. The molecule has 0 unspecified atom stereocenters. The molecular formula is C20H27ClN6O2. The number of nitrogens with two attached hydrogens (primary N) is 1. The number of hydrogen-bond acceptors (Lipinski definition) is 7. The Hall–Kier alpha value is -2.45. The van der Waals surface area contributed by atoms with Crippen molar-refractivity contribution >= 4 is 29.3 Å². The minimum Gasteiger partial charge on any atom is -0.383 e. The number of carbonyl (C=O) groups is 1. The first-order chi connectivity index (χ1) is 13.8. The van der Waals surface area contributed by atoms with Gasteiger partial charge in [0.15, 0.2) is 0 Å². The number of fused-ring (bicyclic) bond motifs is 1. The highest BCUT2D eigenvalue weighted by atomic mass is 35.5. The highest BCUT2D eigenvalue weighted by Crippen LogP contribution is 2.41. The summed E-state index contributed by atoms with van der Waals surface area (Å²) in [6.45, 7) is 8.33. The molecule has 0 bridgehead atoms. The molecule has 29 heavy (non-hydrogen) atoms. The van der Waals surface area contributed by atoms with Crippen LogP contribution >= 0.6 is 11.6 Å². The summed E-state index contributed by atoms with van der Waals surface area (Å²) < 4.78 is 4.98. The van der Waals surface area contributed by atoms with Gasteiger partial charge in [-0.25, -0.2) is 4.98 Å². The number of ether oxygens (including phenoxy) is 1. The monoisotopic (exact) mass is 418 g/mol. The summed E-state index contributed by atoms with van der Waals surface area (Å²) in [6.07, 6.45) is 2.19. The van der Waals surface area contributed by atoms with Gasteiger partial charge in [0.2, 0.25) is 11.9 Å². The van der Waals surface area contributed by atoms with Crippen LogP contribution in [0.5, 0.6) is 0 Å². The third-order valence-electron chi connectivity index (χ3n) is 5.47. The van der Waals surface area contributed by atoms with Crippen LogP contribution in [0.15, 0.2) is 6.20 Å². The molecule has 0 spiro atoms. The van der Waals surface area contributed by atoms with E-state index < -0.39 is 0 Å². The summed E-state index contributed by atoms with van der Waals surface area (Å²) in [6, 6.07) is 0. The summed E-state index contributed by atoms with van der Waals surface area (Å²) in [4.78, 5) is 27.5. The van der Waals surface area contributed by atoms with E-state index in [-0.39, 0.29) is 17.8 Å². The molecule has 1 atom stereocenters. The van der Waals surface area contributed by atoms with Gasteiger partial charge in [-0.1, -0.05) is 11.6 Å². The molecule has 156 valence electrons. The zero-order valence-corrected chi connectivity index (χ0v) is 18.0. The quantitative estimate of drug-likeness (QED) is 0.524. The number of nitrogen functional groups attached to an aromatic ring is 1. The van der Waals surface area contributed by atoms with Gasteiger partial charge in [0.05, 0.1) is 6.61 Å². The molecule has 0 saturated carbocycles. The van der Waals surface area contributed by atoms with Crippen molar-refractivity contribution in [3.05, 3.63) is 39.3 Å². The summed E-state index contributed by atoms with van der Waals surface area (Å²) in [5.74, 6) is 0.644. The second-order valence-electron chi connectivity index (χ2n) is 7.35. The van der Waals surface area contributed by atoms with Gasteiger partial charge in [-0.15, -0.1) is 0 Å². The molecule has 0 saturated heterocycles. The van der Waals surface area contributed by atoms with Crippen LogP contribution in [-0.2, 0) is 16.1 Å². The molecule has 3 heterocycles. The van der Waals surface area contributed by atoms with Gasteiger partial charge in [0.25, 0.3) is 0 Å². The van der Waals surface area contributed by atoms with Crippen LogP contribution in [0.2, 0.25) is 5.15 Å². The number of nitrogens with one attached hydrogen (secondary N) is 1. The van der Waals surface area contributed by atoms with E-state index in [0.717, 1.165) is 16.8 Å². The Morgan fingerprint density at radius 2 is 2.10 bits per heavy atom. The first kappa shape index (κ1) is 21.3. The van der Waals surface area contributed by atoms with Crippen molar-refractivity contribution < 1.29 is 9.53 Å². The molecule has 0 radical (unpaired) electrons. The fraction of sp³-hybridized carbons (Fsp3) is 0.500. The molecule has 0 aromatic carbocycles. The SMILES string of the molecule is COCCNC(=O)C[C@H]1CN(Cc2cnc(C)c(C)c2C)c2nc(N)nc(Cl)c21. The van der Waals surface area contributed by atoms with E-state index in [9.17, 15) is 4.79 Å². The maximum Gasteiger partial charge on any atom is 0.223 e. The fourth-order valence-electron chi connectivity index (χ4n) is 3.62. The highest BCUT2D eigenvalue weighted by Gasteiger charge is 2.35. The first-order valence-corrected chi connectivity index (χ1v) is 9.94. The summed E-state index contributed by atoms with van der Waals surface area (Å²) in [7, 11) is 1.60. The zero-order valence-electron chi connectivity index (χ0n) is 17.3. The highest BCUT2D eigenvalue weighted by molar-refractivity contribution is 6.30. The topological polar surface area (TPSA) is 106 Å². The van der Waals surface area contributed by atoms with Gasteiger partial charge in [-0.05, 0) is 37.5 Å². The first-order valence-electron chi connectivity index (χ1n) is 9.57. The van der Waals surface area contributed by atoms with Crippen LogP contribution in [0.3, 0.4) is 0 Å². The molecule has 1 aliphatic heterocycles. The maximum atomic E-state index is 12.4. The Bertz CT molecular complexity index is 920. The number of anilines is 2. The summed E-state index contributed by atoms with van der Waals surface area (Å²) in [5, 5.41) is 3.16. The van der Waals surface area contributed by atoms with Crippen molar-refractivity contribution in [3.63, 3.8) is 0 Å². The lowest BCUT2D eigenvalue weighted by atomic mass is 10.00. The van der Waals surface area contributed by atoms with E-state index in [1.165, 1.54) is 11.1 Å². The summed E-state index contributed by atoms with van der Waals surface area (Å²) in [5.41, 5.74) is 11.1. The van der Waals surface area contributed by atoms with Crippen molar-refractivity contribution in [1.29, 1.82) is 0 Å². The average molecular weight is 419 g/mol. The minimum absolute atomic E-state index is 0.0585. The van der Waals surface area contributed by atoms with Crippen LogP contribution in [0.25, 0.3) is 0 Å². The van der Waals surface area contributed by atoms with E-state index in [1.807, 2.05) is 13.1 Å². The Labute approximate surface area is 175 Å². The van der Waals surface area contributed by atoms with Crippen molar-refractivity contribution in [2.45, 2.75) is 39.7 Å². The Kier molecular flexibility index (Phi) is 6.54. The van der Waals surface area contributed by atoms with E-state index in [2.05, 4.69) is 39.0 Å². The molecule has 2 aromatic heterocycles. The molecule has 0 aliphatic carbocycles. The normalized spacial score (nSPS) is 15.5. The van der Waals surface area contributed by atoms with Crippen LogP contribution in [0.1, 0.15) is 40.3 Å². The second kappa shape index (κ2) is 8.92. The van der Waals surface area contributed by atoms with Crippen LogP contribution < -0.4 is 16.0 Å². The predicted molar refractivity (Wildman–Crippen MR) is 113 cm³/mol. The van der Waals surface area contributed by atoms with Crippen molar-refractivity contribution in [3.8, 4) is 0 Å². The van der Waals surface area contributed by atoms with E-state index in [4.69, 9.17) is 22.1 Å². The van der Waals surface area contributed by atoms with Crippen molar-refractivity contribution in [1.82, 2.24) is 20.3 Å². The average Bonchev–Trinajstić information content (AvgIpc) is 2.99. The van der Waals surface area contributed by atoms with Crippen LogP contribution in [0.4, 0.5) is 11.8 Å². The van der Waals surface area contributed by atoms with Crippen LogP contribution in [0, 0.1) is 20.8 Å². The molecule has 3 N–H and O–H groups in total. The van der Waals surface area contributed by atoms with Gasteiger partial charge >= 0.3 is 0 Å². The number of rotatable bonds is 7. The van der Waals surface area contributed by atoms with Crippen LogP contribution in [-0.4, -0.2) is 47.7 Å². The third kappa shape index (κ3) is 4.59. The number of nitrogens with zero attached hydrogens (tertiary/aromatic N) is 4. The minimum atomic E-state index is -0.111. The molecule has 8 nitrogen and oxygen atoms in total. The van der Waals surface area contributed by atoms with Crippen molar-refractivity contribution in [2.24, 2.45) is 0 Å². The lowest BCUT2D eigenvalue weighted by Gasteiger charge is -2.21. The number of aryl methyl sites for hydroxylation is 1. The molecule has 3 rings (SSSR count). The predicted octanol–water partition coefficient (Wildman–Crippen LogP) is 2.29. The number of hydrogen-bond donors (Lipinski definition) is 2.